The van der Waals surface area contributed by atoms with Crippen LogP contribution in [0.25, 0.3) is 0 Å². The fourth-order valence-corrected chi connectivity index (χ4v) is 3.34. The summed E-state index contributed by atoms with van der Waals surface area (Å²) >= 11 is 3.93. The zero-order valence-electron chi connectivity index (χ0n) is 19.4. The highest BCUT2D eigenvalue weighted by molar-refractivity contribution is 7.80. The van der Waals surface area contributed by atoms with Gasteiger partial charge in [-0.05, 0) is 24.6 Å². The maximum Gasteiger partial charge on any atom is 0.326 e. The molecule has 1 aromatic carbocycles. The molecule has 13 nitrogen and oxygen atoms in total. The van der Waals surface area contributed by atoms with Crippen LogP contribution in [0.3, 0.4) is 0 Å². The number of hydrogen-bond donors (Lipinski definition) is 9. The van der Waals surface area contributed by atoms with Gasteiger partial charge < -0.3 is 42.0 Å². The van der Waals surface area contributed by atoms with Crippen LogP contribution >= 0.6 is 12.6 Å². The second-order valence-electron chi connectivity index (χ2n) is 8.13. The third kappa shape index (κ3) is 8.55. The molecule has 1 heterocycles. The number of phenols is 1. The van der Waals surface area contributed by atoms with Crippen molar-refractivity contribution in [2.45, 2.75) is 50.0 Å². The average molecular weight is 523 g/mol. The number of aliphatic carboxylic acids is 1. The highest BCUT2D eigenvalue weighted by Crippen LogP contribution is 2.12. The number of carboxylic acid groups (broad SMARTS) is 1. The third-order valence-electron chi connectivity index (χ3n) is 5.20. The van der Waals surface area contributed by atoms with Crippen molar-refractivity contribution in [2.75, 3.05) is 5.75 Å². The van der Waals surface area contributed by atoms with Crippen molar-refractivity contribution in [3.8, 4) is 5.75 Å². The summed E-state index contributed by atoms with van der Waals surface area (Å²) in [6.45, 7) is 1.28. The number of hydrogen-bond acceptors (Lipinski definition) is 9. The maximum atomic E-state index is 13.1. The molecular weight excluding hydrogens is 492 g/mol. The first-order chi connectivity index (χ1) is 17.0. The molecule has 2 aromatic rings. The summed E-state index contributed by atoms with van der Waals surface area (Å²) in [5, 5.41) is 36.3. The number of rotatable bonds is 13. The lowest BCUT2D eigenvalue weighted by atomic mass is 10.0. The molecule has 1 aromatic heterocycles. The summed E-state index contributed by atoms with van der Waals surface area (Å²) in [4.78, 5) is 56.6. The van der Waals surface area contributed by atoms with Gasteiger partial charge in [0.2, 0.25) is 17.7 Å². The molecule has 0 aliphatic carbocycles. The van der Waals surface area contributed by atoms with E-state index in [0.29, 0.717) is 11.3 Å². The number of aromatic amines is 1. The highest BCUT2D eigenvalue weighted by Gasteiger charge is 2.32. The first-order valence-electron chi connectivity index (χ1n) is 10.9. The Balaban J connectivity index is 2.20. The van der Waals surface area contributed by atoms with Gasteiger partial charge in [-0.3, -0.25) is 14.4 Å². The van der Waals surface area contributed by atoms with Crippen molar-refractivity contribution in [2.24, 2.45) is 5.73 Å². The van der Waals surface area contributed by atoms with Crippen molar-refractivity contribution in [3.05, 3.63) is 48.0 Å². The first-order valence-corrected chi connectivity index (χ1v) is 11.6. The number of aromatic hydroxyl groups is 1. The number of imidazole rings is 1. The number of benzene rings is 1. The molecule has 5 unspecified atom stereocenters. The van der Waals surface area contributed by atoms with Gasteiger partial charge in [0.05, 0.1) is 18.5 Å². The van der Waals surface area contributed by atoms with Crippen LogP contribution in [-0.4, -0.2) is 85.0 Å². The number of aromatic nitrogens is 2. The van der Waals surface area contributed by atoms with Gasteiger partial charge in [0.1, 0.15) is 23.9 Å². The lowest BCUT2D eigenvalue weighted by Gasteiger charge is -2.26. The molecule has 0 spiro atoms. The van der Waals surface area contributed by atoms with E-state index in [1.165, 1.54) is 43.7 Å². The van der Waals surface area contributed by atoms with Crippen LogP contribution < -0.4 is 21.7 Å². The van der Waals surface area contributed by atoms with Crippen molar-refractivity contribution < 1.29 is 34.5 Å². The zero-order valence-corrected chi connectivity index (χ0v) is 20.3. The maximum absolute atomic E-state index is 13.1. The van der Waals surface area contributed by atoms with E-state index in [2.05, 4.69) is 38.5 Å². The molecule has 196 valence electrons. The standard InChI is InChI=1S/C22H30N6O7S/c1-11(29)18(28-19(31)15(23)9-36)21(33)26-16(7-13-8-24-10-25-13)20(32)27-17(22(34)35)6-12-2-4-14(30)5-3-12/h2-5,8,10-11,15-18,29-30,36H,6-7,9,23H2,1H3,(H,24,25)(H,26,33)(H,27,32)(H,28,31)(H,34,35). The van der Waals surface area contributed by atoms with Crippen LogP contribution in [-0.2, 0) is 32.0 Å². The van der Waals surface area contributed by atoms with Gasteiger partial charge in [0, 0.05) is 30.5 Å². The quantitative estimate of drug-likeness (QED) is 0.134. The average Bonchev–Trinajstić information content (AvgIpc) is 3.35. The van der Waals surface area contributed by atoms with Crippen LogP contribution in [0.2, 0.25) is 0 Å². The molecule has 2 rings (SSSR count). The van der Waals surface area contributed by atoms with Crippen molar-refractivity contribution in [3.63, 3.8) is 0 Å². The fourth-order valence-electron chi connectivity index (χ4n) is 3.18. The Morgan fingerprint density at radius 1 is 1.03 bits per heavy atom. The molecule has 0 aliphatic heterocycles. The summed E-state index contributed by atoms with van der Waals surface area (Å²) in [5.41, 5.74) is 6.63. The summed E-state index contributed by atoms with van der Waals surface area (Å²) < 4.78 is 0. The Labute approximate surface area is 212 Å². The third-order valence-corrected chi connectivity index (χ3v) is 5.59. The highest BCUT2D eigenvalue weighted by atomic mass is 32.1. The second kappa shape index (κ2) is 13.5. The predicted molar refractivity (Wildman–Crippen MR) is 131 cm³/mol. The topological polar surface area (TPSA) is 220 Å². The van der Waals surface area contributed by atoms with E-state index >= 15 is 0 Å². The minimum atomic E-state index is -1.44. The number of amides is 3. The molecule has 0 radical (unpaired) electrons. The fraction of sp³-hybridized carbons (Fsp3) is 0.409. The minimum absolute atomic E-state index is 0.00243. The molecule has 0 saturated carbocycles. The largest absolute Gasteiger partial charge is 0.508 e. The Kier molecular flexibility index (Phi) is 10.7. The normalized spacial score (nSPS) is 15.1. The second-order valence-corrected chi connectivity index (χ2v) is 8.49. The molecule has 36 heavy (non-hydrogen) atoms. The summed E-state index contributed by atoms with van der Waals surface area (Å²) in [6.07, 6.45) is 1.30. The Bertz CT molecular complexity index is 1030. The Hall–Kier alpha value is -3.62. The Morgan fingerprint density at radius 3 is 2.19 bits per heavy atom. The van der Waals surface area contributed by atoms with Crippen LogP contribution in [0.15, 0.2) is 36.8 Å². The van der Waals surface area contributed by atoms with Gasteiger partial charge >= 0.3 is 5.97 Å². The lowest BCUT2D eigenvalue weighted by molar-refractivity contribution is -0.142. The van der Waals surface area contributed by atoms with Gasteiger partial charge in [0.25, 0.3) is 0 Å². The van der Waals surface area contributed by atoms with E-state index in [1.807, 2.05) is 0 Å². The monoisotopic (exact) mass is 522 g/mol. The number of carbonyl (C=O) groups excluding carboxylic acids is 3. The van der Waals surface area contributed by atoms with Crippen molar-refractivity contribution in [1.29, 1.82) is 0 Å². The van der Waals surface area contributed by atoms with Gasteiger partial charge in [-0.1, -0.05) is 12.1 Å². The van der Waals surface area contributed by atoms with E-state index in [4.69, 9.17) is 5.73 Å². The molecule has 5 atom stereocenters. The minimum Gasteiger partial charge on any atom is -0.508 e. The number of phenolic OH excluding ortho intramolecular Hbond substituents is 1. The lowest BCUT2D eigenvalue weighted by Crippen LogP contribution is -2.60. The first kappa shape index (κ1) is 28.6. The van der Waals surface area contributed by atoms with Crippen LogP contribution in [0.5, 0.6) is 5.75 Å². The van der Waals surface area contributed by atoms with E-state index in [0.717, 1.165) is 0 Å². The number of aliphatic hydroxyl groups is 1. The number of aliphatic hydroxyl groups excluding tert-OH is 1. The molecule has 14 heteroatoms. The summed E-state index contributed by atoms with van der Waals surface area (Å²) in [6, 6.07) is 0.734. The summed E-state index contributed by atoms with van der Waals surface area (Å²) in [5.74, 6) is -3.71. The van der Waals surface area contributed by atoms with Gasteiger partial charge in [-0.15, -0.1) is 0 Å². The summed E-state index contributed by atoms with van der Waals surface area (Å²) in [7, 11) is 0. The number of H-pyrrole nitrogens is 1. The van der Waals surface area contributed by atoms with Crippen molar-refractivity contribution in [1.82, 2.24) is 25.9 Å². The predicted octanol–water partition coefficient (Wildman–Crippen LogP) is -1.92. The zero-order chi connectivity index (χ0) is 26.8. The number of thiol groups is 1. The van der Waals surface area contributed by atoms with Gasteiger partial charge in [0.15, 0.2) is 0 Å². The Morgan fingerprint density at radius 2 is 1.67 bits per heavy atom. The van der Waals surface area contributed by atoms with E-state index in [-0.39, 0.29) is 24.3 Å². The number of nitrogens with zero attached hydrogens (tertiary/aromatic N) is 1. The smallest absolute Gasteiger partial charge is 0.326 e. The molecule has 0 bridgehead atoms. The number of carboxylic acids is 1. The van der Waals surface area contributed by atoms with Gasteiger partial charge in [-0.25, -0.2) is 9.78 Å². The number of carbonyl (C=O) groups is 4. The van der Waals surface area contributed by atoms with Crippen molar-refractivity contribution >= 4 is 36.3 Å². The van der Waals surface area contributed by atoms with Gasteiger partial charge in [-0.2, -0.15) is 12.6 Å². The van der Waals surface area contributed by atoms with E-state index in [9.17, 15) is 34.5 Å². The molecule has 0 aliphatic rings. The molecule has 3 amide bonds. The van der Waals surface area contributed by atoms with E-state index in [1.54, 1.807) is 0 Å². The van der Waals surface area contributed by atoms with E-state index < -0.39 is 54.0 Å². The molecule has 0 fully saturated rings. The number of nitrogens with one attached hydrogen (secondary N) is 4. The number of nitrogens with two attached hydrogens (primary N) is 1. The molecule has 9 N–H and O–H groups in total. The van der Waals surface area contributed by atoms with Crippen LogP contribution in [0.1, 0.15) is 18.2 Å². The van der Waals surface area contributed by atoms with Crippen LogP contribution in [0.4, 0.5) is 0 Å². The SMILES string of the molecule is CC(O)C(NC(=O)C(N)CS)C(=O)NC(Cc1cnc[nH]1)C(=O)NC(Cc1ccc(O)cc1)C(=O)O. The molecular formula is C22H30N6O7S. The van der Waals surface area contributed by atoms with Crippen LogP contribution in [0, 0.1) is 0 Å². The molecule has 0 saturated heterocycles.